The van der Waals surface area contributed by atoms with Crippen molar-refractivity contribution in [3.8, 4) is 0 Å². The Kier molecular flexibility index (Phi) is 4.11. The Morgan fingerprint density at radius 2 is 2.15 bits per heavy atom. The molecule has 1 heterocycles. The normalized spacial score (nSPS) is 44.0. The third-order valence-corrected chi connectivity index (χ3v) is 5.26. The number of hydrogen-bond donors (Lipinski definition) is 2. The first-order chi connectivity index (χ1) is 9.24. The van der Waals surface area contributed by atoms with E-state index < -0.39 is 23.2 Å². The molecule has 2 N–H and O–H groups in total. The second kappa shape index (κ2) is 5.24. The van der Waals surface area contributed by atoms with Crippen molar-refractivity contribution in [3.63, 3.8) is 0 Å². The number of aliphatic hydroxyl groups excluding tert-OH is 2. The zero-order valence-corrected chi connectivity index (χ0v) is 12.8. The maximum absolute atomic E-state index is 11.9. The Labute approximate surface area is 120 Å². The van der Waals surface area contributed by atoms with Gasteiger partial charge in [0, 0.05) is 17.8 Å². The molecule has 1 saturated carbocycles. The van der Waals surface area contributed by atoms with E-state index in [0.29, 0.717) is 6.61 Å². The van der Waals surface area contributed by atoms with Gasteiger partial charge in [0.25, 0.3) is 0 Å². The predicted molar refractivity (Wildman–Crippen MR) is 76.2 cm³/mol. The molecule has 0 aromatic rings. The summed E-state index contributed by atoms with van der Waals surface area (Å²) in [6, 6.07) is 0. The molecule has 0 unspecified atom stereocenters. The summed E-state index contributed by atoms with van der Waals surface area (Å²) in [7, 11) is 0. The van der Waals surface area contributed by atoms with Crippen molar-refractivity contribution in [2.75, 3.05) is 6.61 Å². The van der Waals surface area contributed by atoms with Gasteiger partial charge in [0.1, 0.15) is 6.10 Å². The largest absolute Gasteiger partial charge is 0.389 e. The van der Waals surface area contributed by atoms with Crippen LogP contribution < -0.4 is 0 Å². The van der Waals surface area contributed by atoms with Crippen LogP contribution in [0.3, 0.4) is 0 Å². The lowest BCUT2D eigenvalue weighted by Crippen LogP contribution is -2.53. The third kappa shape index (κ3) is 2.34. The van der Waals surface area contributed by atoms with Crippen molar-refractivity contribution in [1.29, 1.82) is 0 Å². The minimum Gasteiger partial charge on any atom is -0.389 e. The Balaban J connectivity index is 2.23. The highest BCUT2D eigenvalue weighted by molar-refractivity contribution is 5.86. The maximum Gasteiger partial charge on any atom is 0.164 e. The Hall–Kier alpha value is -0.710. The fourth-order valence-corrected chi connectivity index (χ4v) is 3.50. The Morgan fingerprint density at radius 3 is 2.75 bits per heavy atom. The van der Waals surface area contributed by atoms with E-state index in [1.165, 1.54) is 0 Å². The van der Waals surface area contributed by atoms with Crippen molar-refractivity contribution >= 4 is 5.78 Å². The van der Waals surface area contributed by atoms with Gasteiger partial charge in [-0.15, -0.1) is 0 Å². The molecule has 0 radical (unpaired) electrons. The zero-order chi connectivity index (χ0) is 15.1. The van der Waals surface area contributed by atoms with Gasteiger partial charge in [0.15, 0.2) is 5.78 Å². The zero-order valence-electron chi connectivity index (χ0n) is 12.8. The summed E-state index contributed by atoms with van der Waals surface area (Å²) in [5, 5.41) is 20.3. The van der Waals surface area contributed by atoms with Gasteiger partial charge in [0.2, 0.25) is 0 Å². The van der Waals surface area contributed by atoms with Crippen LogP contribution in [0.4, 0.5) is 0 Å². The van der Waals surface area contributed by atoms with Crippen molar-refractivity contribution in [2.24, 2.45) is 17.3 Å². The van der Waals surface area contributed by atoms with E-state index in [1.807, 2.05) is 33.8 Å². The number of ether oxygens (including phenoxy) is 1. The topological polar surface area (TPSA) is 66.8 Å². The molecule has 4 heteroatoms. The molecule has 1 saturated heterocycles. The smallest absolute Gasteiger partial charge is 0.164 e. The average molecular weight is 282 g/mol. The summed E-state index contributed by atoms with van der Waals surface area (Å²) in [4.78, 5) is 11.9. The molecule has 2 rings (SSSR count). The molecule has 2 aliphatic rings. The van der Waals surface area contributed by atoms with Crippen LogP contribution in [0.25, 0.3) is 0 Å². The number of carbonyl (C=O) groups is 1. The molecule has 0 spiro atoms. The summed E-state index contributed by atoms with van der Waals surface area (Å²) in [5.41, 5.74) is -1.15. The number of hydrogen-bond acceptors (Lipinski definition) is 4. The summed E-state index contributed by atoms with van der Waals surface area (Å²) in [5.74, 6) is 0.00149. The fraction of sp³-hybridized carbons (Fsp3) is 0.812. The van der Waals surface area contributed by atoms with Crippen LogP contribution in [0.1, 0.15) is 40.5 Å². The predicted octanol–water partition coefficient (Wildman–Crippen LogP) is 1.69. The minimum atomic E-state index is -0.978. The first-order valence-corrected chi connectivity index (χ1v) is 7.45. The third-order valence-electron chi connectivity index (χ3n) is 5.26. The second-order valence-electron chi connectivity index (χ2n) is 6.89. The SMILES string of the molecule is CC[C@H](C)[C@@H](O)/C=C/[C@H]1[C@]2(C)CO[C@@]1(C)CC(=O)[C@H]2O. The highest BCUT2D eigenvalue weighted by Crippen LogP contribution is 2.53. The van der Waals surface area contributed by atoms with Crippen LogP contribution in [-0.2, 0) is 9.53 Å². The summed E-state index contributed by atoms with van der Waals surface area (Å²) >= 11 is 0. The molecule has 0 aromatic carbocycles. The minimum absolute atomic E-state index is 0.0543. The van der Waals surface area contributed by atoms with E-state index in [2.05, 4.69) is 0 Å². The monoisotopic (exact) mass is 282 g/mol. The first kappa shape index (κ1) is 15.7. The standard InChI is InChI=1S/C16H26O4/c1-5-10(2)11(17)6-7-13-15(3)9-20-16(13,4)8-12(18)14(15)19/h6-7,10-11,13-14,17,19H,5,8-9H2,1-4H3/b7-6+/t10-,11-,13-,14+,15-,16-/m0/s1. The highest BCUT2D eigenvalue weighted by Gasteiger charge is 2.62. The van der Waals surface area contributed by atoms with Gasteiger partial charge in [-0.1, -0.05) is 39.3 Å². The first-order valence-electron chi connectivity index (χ1n) is 7.45. The summed E-state index contributed by atoms with van der Waals surface area (Å²) in [6.45, 7) is 8.24. The number of rotatable bonds is 4. The van der Waals surface area contributed by atoms with Crippen LogP contribution in [0.2, 0.25) is 0 Å². The molecule has 0 amide bonds. The lowest BCUT2D eigenvalue weighted by Gasteiger charge is -2.42. The highest BCUT2D eigenvalue weighted by atomic mass is 16.5. The number of ketones is 1. The van der Waals surface area contributed by atoms with E-state index in [9.17, 15) is 15.0 Å². The molecule has 1 aliphatic heterocycles. The summed E-state index contributed by atoms with van der Waals surface area (Å²) < 4.78 is 5.83. The Morgan fingerprint density at radius 1 is 1.50 bits per heavy atom. The molecule has 6 atom stereocenters. The van der Waals surface area contributed by atoms with Crippen molar-refractivity contribution in [2.45, 2.75) is 58.3 Å². The molecule has 2 bridgehead atoms. The Bertz CT molecular complexity index is 419. The van der Waals surface area contributed by atoms with Gasteiger partial charge in [0.05, 0.1) is 18.3 Å². The van der Waals surface area contributed by atoms with Crippen molar-refractivity contribution in [1.82, 2.24) is 0 Å². The van der Waals surface area contributed by atoms with Crippen molar-refractivity contribution in [3.05, 3.63) is 12.2 Å². The number of Topliss-reactive ketones (excluding diaryl/α,β-unsaturated/α-hetero) is 1. The van der Waals surface area contributed by atoms with Crippen LogP contribution in [0, 0.1) is 17.3 Å². The lowest BCUT2D eigenvalue weighted by molar-refractivity contribution is -0.142. The van der Waals surface area contributed by atoms with E-state index in [1.54, 1.807) is 6.08 Å². The molecule has 4 nitrogen and oxygen atoms in total. The van der Waals surface area contributed by atoms with Gasteiger partial charge >= 0.3 is 0 Å². The van der Waals surface area contributed by atoms with Crippen LogP contribution in [-0.4, -0.2) is 40.4 Å². The van der Waals surface area contributed by atoms with Gasteiger partial charge in [-0.3, -0.25) is 4.79 Å². The second-order valence-corrected chi connectivity index (χ2v) is 6.89. The van der Waals surface area contributed by atoms with Crippen LogP contribution in [0.5, 0.6) is 0 Å². The molecule has 0 aromatic heterocycles. The molecular weight excluding hydrogens is 256 g/mol. The van der Waals surface area contributed by atoms with Gasteiger partial charge < -0.3 is 14.9 Å². The van der Waals surface area contributed by atoms with Crippen LogP contribution in [0.15, 0.2) is 12.2 Å². The van der Waals surface area contributed by atoms with E-state index in [4.69, 9.17) is 4.74 Å². The number of aliphatic hydroxyl groups is 2. The fourth-order valence-electron chi connectivity index (χ4n) is 3.50. The average Bonchev–Trinajstić information content (AvgIpc) is 2.62. The van der Waals surface area contributed by atoms with E-state index >= 15 is 0 Å². The molecule has 2 fully saturated rings. The molecular formula is C16H26O4. The quantitative estimate of drug-likeness (QED) is 0.770. The van der Waals surface area contributed by atoms with Crippen LogP contribution >= 0.6 is 0 Å². The number of carbonyl (C=O) groups excluding carboxylic acids is 1. The van der Waals surface area contributed by atoms with Gasteiger partial charge in [-0.25, -0.2) is 0 Å². The van der Waals surface area contributed by atoms with Gasteiger partial charge in [-0.2, -0.15) is 0 Å². The molecule has 114 valence electrons. The maximum atomic E-state index is 11.9. The van der Waals surface area contributed by atoms with E-state index in [-0.39, 0.29) is 24.0 Å². The number of fused-ring (bicyclic) bond motifs is 2. The summed E-state index contributed by atoms with van der Waals surface area (Å²) in [6.07, 6.45) is 3.40. The van der Waals surface area contributed by atoms with E-state index in [0.717, 1.165) is 6.42 Å². The molecule has 1 aliphatic carbocycles. The van der Waals surface area contributed by atoms with Crippen molar-refractivity contribution < 1.29 is 19.7 Å². The lowest BCUT2D eigenvalue weighted by atomic mass is 9.61. The molecule has 20 heavy (non-hydrogen) atoms. The van der Waals surface area contributed by atoms with Gasteiger partial charge in [-0.05, 0) is 12.8 Å².